The molecule has 2 rings (SSSR count). The van der Waals surface area contributed by atoms with Gasteiger partial charge in [-0.1, -0.05) is 6.07 Å². The summed E-state index contributed by atoms with van der Waals surface area (Å²) in [5, 5.41) is 11.6. The van der Waals surface area contributed by atoms with Crippen LogP contribution in [0.15, 0.2) is 24.3 Å². The van der Waals surface area contributed by atoms with Crippen LogP contribution >= 0.6 is 0 Å². The number of carbonyl (C=O) groups is 1. The lowest BCUT2D eigenvalue weighted by molar-refractivity contribution is -0.117. The maximum absolute atomic E-state index is 11.8. The van der Waals surface area contributed by atoms with Crippen molar-refractivity contribution in [3.8, 4) is 6.07 Å². The van der Waals surface area contributed by atoms with Crippen LogP contribution in [0.2, 0.25) is 0 Å². The van der Waals surface area contributed by atoms with Gasteiger partial charge in [-0.25, -0.2) is 0 Å². The third kappa shape index (κ3) is 3.29. The molecule has 3 N–H and O–H groups in total. The van der Waals surface area contributed by atoms with Gasteiger partial charge in [-0.3, -0.25) is 9.69 Å². The number of likely N-dealkylation sites (tertiary alicyclic amines) is 1. The number of nitrogens with two attached hydrogens (primary N) is 1. The van der Waals surface area contributed by atoms with Gasteiger partial charge in [0, 0.05) is 24.8 Å². The van der Waals surface area contributed by atoms with E-state index in [0.29, 0.717) is 17.8 Å². The molecular formula is C13H16N4O. The van der Waals surface area contributed by atoms with Gasteiger partial charge in [0.25, 0.3) is 0 Å². The molecule has 0 bridgehead atoms. The summed E-state index contributed by atoms with van der Waals surface area (Å²) in [5.41, 5.74) is 6.97. The summed E-state index contributed by atoms with van der Waals surface area (Å²) in [6.07, 6.45) is 0.942. The highest BCUT2D eigenvalue weighted by Gasteiger charge is 2.20. The fraction of sp³-hybridized carbons (Fsp3) is 0.385. The van der Waals surface area contributed by atoms with Gasteiger partial charge in [0.15, 0.2) is 0 Å². The molecule has 0 saturated carbocycles. The van der Waals surface area contributed by atoms with Crippen LogP contribution in [0.3, 0.4) is 0 Å². The molecule has 18 heavy (non-hydrogen) atoms. The van der Waals surface area contributed by atoms with Crippen molar-refractivity contribution in [3.05, 3.63) is 29.8 Å². The molecule has 1 aliphatic rings. The van der Waals surface area contributed by atoms with E-state index in [-0.39, 0.29) is 11.9 Å². The second-order valence-corrected chi connectivity index (χ2v) is 4.52. The largest absolute Gasteiger partial charge is 0.326 e. The topological polar surface area (TPSA) is 82.2 Å². The van der Waals surface area contributed by atoms with E-state index in [4.69, 9.17) is 11.0 Å². The number of hydrogen-bond donors (Lipinski definition) is 2. The van der Waals surface area contributed by atoms with Gasteiger partial charge in [0.1, 0.15) is 0 Å². The number of hydrogen-bond acceptors (Lipinski definition) is 4. The van der Waals surface area contributed by atoms with Crippen LogP contribution < -0.4 is 11.1 Å². The van der Waals surface area contributed by atoms with E-state index in [9.17, 15) is 4.79 Å². The number of nitriles is 1. The highest BCUT2D eigenvalue weighted by Crippen LogP contribution is 2.11. The maximum Gasteiger partial charge on any atom is 0.238 e. The Hall–Kier alpha value is -1.90. The van der Waals surface area contributed by atoms with Crippen molar-refractivity contribution < 1.29 is 4.79 Å². The van der Waals surface area contributed by atoms with E-state index >= 15 is 0 Å². The first-order valence-electron chi connectivity index (χ1n) is 5.95. The monoisotopic (exact) mass is 244 g/mol. The molecule has 5 nitrogen and oxygen atoms in total. The molecule has 0 unspecified atom stereocenters. The number of carbonyl (C=O) groups excluding carboxylic acids is 1. The normalized spacial score (nSPS) is 19.4. The van der Waals surface area contributed by atoms with Crippen LogP contribution in [0.1, 0.15) is 12.0 Å². The van der Waals surface area contributed by atoms with E-state index in [1.54, 1.807) is 24.3 Å². The average Bonchev–Trinajstić information content (AvgIpc) is 2.74. The Balaban J connectivity index is 1.89. The van der Waals surface area contributed by atoms with Gasteiger partial charge in [0.2, 0.25) is 5.91 Å². The summed E-state index contributed by atoms with van der Waals surface area (Å²) in [6.45, 7) is 1.99. The van der Waals surface area contributed by atoms with E-state index < -0.39 is 0 Å². The minimum Gasteiger partial charge on any atom is -0.326 e. The maximum atomic E-state index is 11.8. The second kappa shape index (κ2) is 5.63. The average molecular weight is 244 g/mol. The van der Waals surface area contributed by atoms with Gasteiger partial charge in [-0.15, -0.1) is 0 Å². The number of amides is 1. The minimum atomic E-state index is -0.0702. The third-order valence-corrected chi connectivity index (χ3v) is 2.95. The standard InChI is InChI=1S/C13H16N4O/c14-7-10-2-1-3-12(6-10)16-13(18)9-17-5-4-11(15)8-17/h1-3,6,11H,4-5,8-9,15H2,(H,16,18)/t11-/m1/s1. The van der Waals surface area contributed by atoms with Crippen molar-refractivity contribution in [1.29, 1.82) is 5.26 Å². The van der Waals surface area contributed by atoms with Crippen molar-refractivity contribution in [2.24, 2.45) is 5.73 Å². The molecule has 0 aliphatic carbocycles. The molecule has 0 radical (unpaired) electrons. The van der Waals surface area contributed by atoms with Crippen LogP contribution in [0.4, 0.5) is 5.69 Å². The van der Waals surface area contributed by atoms with Crippen LogP contribution in [0, 0.1) is 11.3 Å². The molecule has 5 heteroatoms. The van der Waals surface area contributed by atoms with Crippen molar-refractivity contribution in [3.63, 3.8) is 0 Å². The molecule has 94 valence electrons. The first-order valence-corrected chi connectivity index (χ1v) is 5.95. The predicted octanol–water partition coefficient (Wildman–Crippen LogP) is 0.530. The van der Waals surface area contributed by atoms with E-state index in [1.165, 1.54) is 0 Å². The molecule has 1 amide bonds. The molecule has 1 saturated heterocycles. The zero-order valence-corrected chi connectivity index (χ0v) is 10.1. The fourth-order valence-electron chi connectivity index (χ4n) is 2.08. The number of nitrogens with one attached hydrogen (secondary N) is 1. The minimum absolute atomic E-state index is 0.0702. The zero-order chi connectivity index (χ0) is 13.0. The smallest absolute Gasteiger partial charge is 0.238 e. The van der Waals surface area contributed by atoms with Crippen molar-refractivity contribution in [1.82, 2.24) is 4.90 Å². The van der Waals surface area contributed by atoms with Crippen LogP contribution in [0.5, 0.6) is 0 Å². The fourth-order valence-corrected chi connectivity index (χ4v) is 2.08. The first-order chi connectivity index (χ1) is 8.67. The van der Waals surface area contributed by atoms with Crippen LogP contribution in [-0.4, -0.2) is 36.5 Å². The molecule has 1 aliphatic heterocycles. The molecule has 1 aromatic rings. The molecule has 1 fully saturated rings. The van der Waals surface area contributed by atoms with Crippen molar-refractivity contribution in [2.75, 3.05) is 25.0 Å². The molecular weight excluding hydrogens is 228 g/mol. The Morgan fingerprint density at radius 3 is 3.11 bits per heavy atom. The van der Waals surface area contributed by atoms with Gasteiger partial charge >= 0.3 is 0 Å². The number of benzene rings is 1. The Labute approximate surface area is 106 Å². The number of nitrogens with zero attached hydrogens (tertiary/aromatic N) is 2. The van der Waals surface area contributed by atoms with Gasteiger partial charge in [-0.2, -0.15) is 5.26 Å². The quantitative estimate of drug-likeness (QED) is 0.812. The lowest BCUT2D eigenvalue weighted by Crippen LogP contribution is -2.33. The lowest BCUT2D eigenvalue weighted by Gasteiger charge is -2.14. The van der Waals surface area contributed by atoms with Gasteiger partial charge in [-0.05, 0) is 24.6 Å². The highest BCUT2D eigenvalue weighted by molar-refractivity contribution is 5.92. The van der Waals surface area contributed by atoms with Crippen molar-refractivity contribution >= 4 is 11.6 Å². The van der Waals surface area contributed by atoms with Gasteiger partial charge < -0.3 is 11.1 Å². The summed E-state index contributed by atoms with van der Waals surface area (Å²) in [6, 6.07) is 9.11. The van der Waals surface area contributed by atoms with E-state index in [0.717, 1.165) is 19.5 Å². The first kappa shape index (κ1) is 12.6. The Bertz CT molecular complexity index is 480. The van der Waals surface area contributed by atoms with E-state index in [2.05, 4.69) is 5.32 Å². The number of rotatable bonds is 3. The number of anilines is 1. The summed E-state index contributed by atoms with van der Waals surface area (Å²) < 4.78 is 0. The second-order valence-electron chi connectivity index (χ2n) is 4.52. The molecule has 1 heterocycles. The summed E-state index contributed by atoms with van der Waals surface area (Å²) in [4.78, 5) is 13.8. The van der Waals surface area contributed by atoms with E-state index in [1.807, 2.05) is 11.0 Å². The molecule has 1 aromatic carbocycles. The zero-order valence-electron chi connectivity index (χ0n) is 10.1. The van der Waals surface area contributed by atoms with Crippen molar-refractivity contribution in [2.45, 2.75) is 12.5 Å². The van der Waals surface area contributed by atoms with Crippen LogP contribution in [-0.2, 0) is 4.79 Å². The lowest BCUT2D eigenvalue weighted by atomic mass is 10.2. The summed E-state index contributed by atoms with van der Waals surface area (Å²) >= 11 is 0. The van der Waals surface area contributed by atoms with Crippen LogP contribution in [0.25, 0.3) is 0 Å². The van der Waals surface area contributed by atoms with Gasteiger partial charge in [0.05, 0.1) is 18.2 Å². The molecule has 1 atom stereocenters. The highest BCUT2D eigenvalue weighted by atomic mass is 16.2. The Morgan fingerprint density at radius 2 is 2.44 bits per heavy atom. The summed E-state index contributed by atoms with van der Waals surface area (Å²) in [7, 11) is 0. The Kier molecular flexibility index (Phi) is 3.92. The Morgan fingerprint density at radius 1 is 1.61 bits per heavy atom. The third-order valence-electron chi connectivity index (χ3n) is 2.95. The SMILES string of the molecule is N#Cc1cccc(NC(=O)CN2CC[C@@H](N)C2)c1. The molecule has 0 spiro atoms. The predicted molar refractivity (Wildman–Crippen MR) is 68.8 cm³/mol. The molecule has 0 aromatic heterocycles. The summed E-state index contributed by atoms with van der Waals surface area (Å²) in [5.74, 6) is -0.0702.